The quantitative estimate of drug-likeness (QED) is 0.332. The predicted octanol–water partition coefficient (Wildman–Crippen LogP) is 1.33. The van der Waals surface area contributed by atoms with E-state index in [-0.39, 0.29) is 24.8 Å². The van der Waals surface area contributed by atoms with E-state index in [0.717, 1.165) is 21.9 Å². The summed E-state index contributed by atoms with van der Waals surface area (Å²) in [6, 6.07) is 13.4. The number of nitrogens with two attached hydrogens (primary N) is 1. The third-order valence-electron chi connectivity index (χ3n) is 6.33. The number of anilines is 1. The monoisotopic (exact) mass is 491 g/mol. The average Bonchev–Trinajstić information content (AvgIpc) is 2.85. The first kappa shape index (κ1) is 24.9. The van der Waals surface area contributed by atoms with Crippen LogP contribution in [-0.4, -0.2) is 65.1 Å². The van der Waals surface area contributed by atoms with Gasteiger partial charge in [0.25, 0.3) is 0 Å². The van der Waals surface area contributed by atoms with E-state index in [9.17, 15) is 14.4 Å². The Balaban J connectivity index is 1.39. The van der Waals surface area contributed by atoms with E-state index < -0.39 is 18.1 Å². The molecule has 0 saturated carbocycles. The maximum Gasteiger partial charge on any atom is 0.317 e. The highest BCUT2D eigenvalue weighted by Gasteiger charge is 2.40. The van der Waals surface area contributed by atoms with Crippen molar-refractivity contribution in [1.29, 1.82) is 0 Å². The molecule has 0 spiro atoms. The summed E-state index contributed by atoms with van der Waals surface area (Å²) in [5.74, 6) is -0.468. The van der Waals surface area contributed by atoms with Crippen molar-refractivity contribution in [3.63, 3.8) is 0 Å². The zero-order chi connectivity index (χ0) is 25.7. The number of ether oxygens (including phenoxy) is 1. The molecule has 3 aromatic rings. The van der Waals surface area contributed by atoms with Crippen LogP contribution < -0.4 is 21.1 Å². The number of carbonyl (C=O) groups is 3. The van der Waals surface area contributed by atoms with E-state index in [2.05, 4.69) is 15.6 Å². The number of hydrogen-bond donors (Lipinski definition) is 4. The summed E-state index contributed by atoms with van der Waals surface area (Å²) in [5, 5.41) is 16.6. The number of nitrogen functional groups attached to an aromatic ring is 1. The summed E-state index contributed by atoms with van der Waals surface area (Å²) in [4.78, 5) is 42.9. The second-order valence-corrected chi connectivity index (χ2v) is 8.69. The summed E-state index contributed by atoms with van der Waals surface area (Å²) >= 11 is 0. The van der Waals surface area contributed by atoms with Crippen LogP contribution in [0.25, 0.3) is 10.8 Å². The van der Waals surface area contributed by atoms with Crippen molar-refractivity contribution in [2.45, 2.75) is 31.5 Å². The van der Waals surface area contributed by atoms with E-state index in [1.54, 1.807) is 25.4 Å². The summed E-state index contributed by atoms with van der Waals surface area (Å²) < 4.78 is 5.17. The smallest absolute Gasteiger partial charge is 0.317 e. The topological polar surface area (TPSA) is 147 Å². The van der Waals surface area contributed by atoms with Gasteiger partial charge in [-0.2, -0.15) is 0 Å². The fraction of sp³-hybridized carbons (Fsp3) is 0.308. The normalized spacial score (nSPS) is 15.7. The Kier molecular flexibility index (Phi) is 7.65. The van der Waals surface area contributed by atoms with Crippen LogP contribution in [0.5, 0.6) is 5.75 Å². The molecule has 1 aliphatic rings. The Hall–Kier alpha value is -4.18. The number of nitrogens with zero attached hydrogens (tertiary/aromatic N) is 2. The first-order valence-corrected chi connectivity index (χ1v) is 11.6. The third-order valence-corrected chi connectivity index (χ3v) is 6.33. The third kappa shape index (κ3) is 5.72. The molecular formula is C26H29N5O5. The molecule has 0 bridgehead atoms. The molecule has 2 amide bonds. The Bertz CT molecular complexity index is 1260. The minimum absolute atomic E-state index is 0.245. The van der Waals surface area contributed by atoms with Gasteiger partial charge in [0.1, 0.15) is 17.6 Å². The minimum Gasteiger partial charge on any atom is -0.497 e. The van der Waals surface area contributed by atoms with Crippen LogP contribution in [0.15, 0.2) is 54.7 Å². The Labute approximate surface area is 208 Å². The van der Waals surface area contributed by atoms with Crippen LogP contribution in [0.4, 0.5) is 5.82 Å². The molecule has 2 atom stereocenters. The van der Waals surface area contributed by atoms with E-state index in [1.165, 1.54) is 4.90 Å². The van der Waals surface area contributed by atoms with Gasteiger partial charge in [-0.3, -0.25) is 19.7 Å². The molecule has 2 unspecified atom stereocenters. The number of amides is 2. The highest BCUT2D eigenvalue weighted by Crippen LogP contribution is 2.22. The molecule has 36 heavy (non-hydrogen) atoms. The Morgan fingerprint density at radius 2 is 1.92 bits per heavy atom. The van der Waals surface area contributed by atoms with Crippen molar-refractivity contribution in [2.24, 2.45) is 0 Å². The first-order valence-electron chi connectivity index (χ1n) is 11.6. The maximum atomic E-state index is 13.3. The number of benzene rings is 2. The van der Waals surface area contributed by atoms with Crippen LogP contribution >= 0.6 is 0 Å². The van der Waals surface area contributed by atoms with Crippen molar-refractivity contribution in [3.05, 3.63) is 65.9 Å². The zero-order valence-electron chi connectivity index (χ0n) is 19.9. The molecule has 0 aliphatic carbocycles. The second-order valence-electron chi connectivity index (χ2n) is 8.69. The van der Waals surface area contributed by atoms with Gasteiger partial charge in [-0.05, 0) is 53.6 Å². The van der Waals surface area contributed by atoms with Gasteiger partial charge in [-0.1, -0.05) is 24.3 Å². The molecule has 4 rings (SSSR count). The molecule has 0 radical (unpaired) electrons. The van der Waals surface area contributed by atoms with Crippen LogP contribution in [0, 0.1) is 0 Å². The lowest BCUT2D eigenvalue weighted by atomic mass is 9.97. The zero-order valence-corrected chi connectivity index (χ0v) is 19.9. The maximum absolute atomic E-state index is 13.3. The van der Waals surface area contributed by atoms with Crippen molar-refractivity contribution < 1.29 is 24.2 Å². The molecule has 1 aliphatic heterocycles. The predicted molar refractivity (Wildman–Crippen MR) is 134 cm³/mol. The average molecular weight is 492 g/mol. The number of rotatable bonds is 10. The number of methoxy groups -OCH3 is 1. The van der Waals surface area contributed by atoms with E-state index in [0.29, 0.717) is 31.1 Å². The van der Waals surface area contributed by atoms with Gasteiger partial charge in [0.2, 0.25) is 11.8 Å². The van der Waals surface area contributed by atoms with Crippen LogP contribution in [0.1, 0.15) is 17.5 Å². The first-order chi connectivity index (χ1) is 17.4. The van der Waals surface area contributed by atoms with E-state index >= 15 is 0 Å². The van der Waals surface area contributed by atoms with Gasteiger partial charge in [-0.25, -0.2) is 4.98 Å². The molecule has 2 heterocycles. The van der Waals surface area contributed by atoms with Gasteiger partial charge in [0.15, 0.2) is 0 Å². The minimum atomic E-state index is -1.06. The number of carboxylic acid groups (broad SMARTS) is 1. The number of likely N-dealkylation sites (tertiary alicyclic amines) is 1. The SMILES string of the molecule is COc1ccc(CC(NCC(=O)O)C(=O)N2CCC2C(=O)NCc2ccc3c(N)nccc3c2)cc1. The number of hydrogen-bond acceptors (Lipinski definition) is 7. The van der Waals surface area contributed by atoms with Crippen LogP contribution in [0.3, 0.4) is 0 Å². The van der Waals surface area contributed by atoms with Crippen molar-refractivity contribution >= 4 is 34.4 Å². The number of fused-ring (bicyclic) bond motifs is 1. The lowest BCUT2D eigenvalue weighted by molar-refractivity contribution is -0.149. The summed E-state index contributed by atoms with van der Waals surface area (Å²) in [6.45, 7) is 0.383. The van der Waals surface area contributed by atoms with E-state index in [4.69, 9.17) is 15.6 Å². The van der Waals surface area contributed by atoms with Gasteiger partial charge >= 0.3 is 5.97 Å². The number of nitrogens with one attached hydrogen (secondary N) is 2. The molecular weight excluding hydrogens is 462 g/mol. The van der Waals surface area contributed by atoms with Crippen LogP contribution in [-0.2, 0) is 27.3 Å². The van der Waals surface area contributed by atoms with Crippen molar-refractivity contribution in [2.75, 3.05) is 25.9 Å². The molecule has 188 valence electrons. The molecule has 1 fully saturated rings. The number of carboxylic acids is 1. The van der Waals surface area contributed by atoms with Crippen molar-refractivity contribution in [1.82, 2.24) is 20.5 Å². The molecule has 10 heteroatoms. The molecule has 1 aromatic heterocycles. The lowest BCUT2D eigenvalue weighted by Crippen LogP contribution is -2.62. The summed E-state index contributed by atoms with van der Waals surface area (Å²) in [6.07, 6.45) is 2.47. The largest absolute Gasteiger partial charge is 0.497 e. The number of pyridine rings is 1. The van der Waals surface area contributed by atoms with Gasteiger partial charge in [-0.15, -0.1) is 0 Å². The molecule has 2 aromatic carbocycles. The van der Waals surface area contributed by atoms with Crippen LogP contribution in [0.2, 0.25) is 0 Å². The molecule has 5 N–H and O–H groups in total. The Morgan fingerprint density at radius 1 is 1.17 bits per heavy atom. The fourth-order valence-electron chi connectivity index (χ4n) is 4.25. The summed E-state index contributed by atoms with van der Waals surface area (Å²) in [7, 11) is 1.57. The van der Waals surface area contributed by atoms with Gasteiger partial charge < -0.3 is 25.8 Å². The Morgan fingerprint density at radius 3 is 2.58 bits per heavy atom. The molecule has 10 nitrogen and oxygen atoms in total. The number of aromatic nitrogens is 1. The van der Waals surface area contributed by atoms with E-state index in [1.807, 2.05) is 36.4 Å². The summed E-state index contributed by atoms with van der Waals surface area (Å²) in [5.41, 5.74) is 7.65. The molecule has 1 saturated heterocycles. The van der Waals surface area contributed by atoms with Crippen molar-refractivity contribution in [3.8, 4) is 5.75 Å². The highest BCUT2D eigenvalue weighted by atomic mass is 16.5. The lowest BCUT2D eigenvalue weighted by Gasteiger charge is -2.41. The standard InChI is InChI=1S/C26H29N5O5/c1-36-19-5-2-16(3-6-19)13-21(29-15-23(32)33)26(35)31-11-9-22(31)25(34)30-14-17-4-7-20-18(12-17)8-10-28-24(20)27/h2-8,10,12,21-22,29H,9,11,13-15H2,1H3,(H2,27,28)(H,30,34)(H,32,33). The van der Waals surface area contributed by atoms with Gasteiger partial charge in [0.05, 0.1) is 19.7 Å². The highest BCUT2D eigenvalue weighted by molar-refractivity contribution is 5.92. The van der Waals surface area contributed by atoms with Gasteiger partial charge in [0, 0.05) is 24.7 Å². The fourth-order valence-corrected chi connectivity index (χ4v) is 4.25. The number of aliphatic carboxylic acids is 1. The second kappa shape index (κ2) is 11.0. The number of carbonyl (C=O) groups excluding carboxylic acids is 2.